The zero-order valence-electron chi connectivity index (χ0n) is 14.9. The molecule has 21 heavy (non-hydrogen) atoms. The lowest BCUT2D eigenvalue weighted by Crippen LogP contribution is -2.44. The zero-order valence-corrected chi connectivity index (χ0v) is 14.9. The fourth-order valence-corrected chi connectivity index (χ4v) is 1.80. The second-order valence-corrected chi connectivity index (χ2v) is 6.59. The molecular formula is C16H34N2O3. The number of methoxy groups -OCH3 is 1. The molecule has 0 bridgehead atoms. The van der Waals surface area contributed by atoms with Crippen molar-refractivity contribution in [3.8, 4) is 0 Å². The van der Waals surface area contributed by atoms with Crippen LogP contribution in [0.4, 0.5) is 4.79 Å². The fourth-order valence-electron chi connectivity index (χ4n) is 1.80. The first-order valence-corrected chi connectivity index (χ1v) is 7.91. The Morgan fingerprint density at radius 2 is 1.86 bits per heavy atom. The molecule has 0 saturated carbocycles. The van der Waals surface area contributed by atoms with Crippen LogP contribution >= 0.6 is 0 Å². The Bertz CT molecular complexity index is 290. The molecular weight excluding hydrogens is 268 g/mol. The molecule has 1 N–H and O–H groups in total. The minimum Gasteiger partial charge on any atom is -0.444 e. The number of carbonyl (C=O) groups is 1. The molecule has 5 heteroatoms. The van der Waals surface area contributed by atoms with Crippen LogP contribution in [0.1, 0.15) is 48.0 Å². The summed E-state index contributed by atoms with van der Waals surface area (Å²) in [6.45, 7) is 14.7. The van der Waals surface area contributed by atoms with Gasteiger partial charge in [-0.2, -0.15) is 0 Å². The molecule has 0 saturated heterocycles. The molecule has 0 heterocycles. The van der Waals surface area contributed by atoms with E-state index in [4.69, 9.17) is 9.47 Å². The van der Waals surface area contributed by atoms with E-state index in [-0.39, 0.29) is 6.09 Å². The number of hydrogen-bond acceptors (Lipinski definition) is 4. The van der Waals surface area contributed by atoms with Gasteiger partial charge in [-0.15, -0.1) is 0 Å². The minimum atomic E-state index is -0.472. The summed E-state index contributed by atoms with van der Waals surface area (Å²) in [4.78, 5) is 13.9. The van der Waals surface area contributed by atoms with E-state index >= 15 is 0 Å². The summed E-state index contributed by atoms with van der Waals surface area (Å²) in [5.41, 5.74) is -0.472. The Kier molecular flexibility index (Phi) is 9.62. The van der Waals surface area contributed by atoms with Gasteiger partial charge < -0.3 is 19.7 Å². The predicted molar refractivity (Wildman–Crippen MR) is 86.6 cm³/mol. The van der Waals surface area contributed by atoms with Gasteiger partial charge in [0.1, 0.15) is 5.60 Å². The number of nitrogens with one attached hydrogen (secondary N) is 1. The molecule has 0 fully saturated rings. The molecule has 0 aromatic rings. The second-order valence-electron chi connectivity index (χ2n) is 6.59. The van der Waals surface area contributed by atoms with Crippen molar-refractivity contribution in [2.75, 3.05) is 33.4 Å². The molecule has 126 valence electrons. The maximum atomic E-state index is 12.2. The Balaban J connectivity index is 4.33. The smallest absolute Gasteiger partial charge is 0.410 e. The summed E-state index contributed by atoms with van der Waals surface area (Å²) < 4.78 is 10.5. The summed E-state index contributed by atoms with van der Waals surface area (Å²) in [5.74, 6) is 0.624. The van der Waals surface area contributed by atoms with Crippen molar-refractivity contribution in [2.24, 2.45) is 5.92 Å². The Labute approximate surface area is 130 Å². The zero-order chi connectivity index (χ0) is 16.5. The van der Waals surface area contributed by atoms with E-state index < -0.39 is 5.60 Å². The van der Waals surface area contributed by atoms with E-state index in [0.29, 0.717) is 31.7 Å². The first-order chi connectivity index (χ1) is 9.71. The first-order valence-electron chi connectivity index (χ1n) is 7.91. The number of ether oxygens (including phenoxy) is 2. The summed E-state index contributed by atoms with van der Waals surface area (Å²) in [6, 6.07) is 0.443. The average Bonchev–Trinajstić information content (AvgIpc) is 2.39. The van der Waals surface area contributed by atoms with Crippen molar-refractivity contribution >= 4 is 6.09 Å². The van der Waals surface area contributed by atoms with Crippen LogP contribution in [0.2, 0.25) is 0 Å². The topological polar surface area (TPSA) is 50.8 Å². The van der Waals surface area contributed by atoms with Gasteiger partial charge in [-0.3, -0.25) is 0 Å². The number of nitrogens with zero attached hydrogens (tertiary/aromatic N) is 1. The highest BCUT2D eigenvalue weighted by atomic mass is 16.6. The highest BCUT2D eigenvalue weighted by molar-refractivity contribution is 5.68. The molecule has 0 spiro atoms. The van der Waals surface area contributed by atoms with Crippen molar-refractivity contribution in [3.63, 3.8) is 0 Å². The van der Waals surface area contributed by atoms with E-state index in [2.05, 4.69) is 26.1 Å². The third-order valence-electron chi connectivity index (χ3n) is 3.56. The van der Waals surface area contributed by atoms with Crippen molar-refractivity contribution in [3.05, 3.63) is 0 Å². The second kappa shape index (κ2) is 10.0. The molecule has 2 atom stereocenters. The first kappa shape index (κ1) is 20.2. The van der Waals surface area contributed by atoms with Gasteiger partial charge in [0.25, 0.3) is 0 Å². The van der Waals surface area contributed by atoms with Gasteiger partial charge in [0.2, 0.25) is 0 Å². The number of hydrogen-bond donors (Lipinski definition) is 1. The van der Waals surface area contributed by atoms with Gasteiger partial charge >= 0.3 is 6.09 Å². The summed E-state index contributed by atoms with van der Waals surface area (Å²) in [6.07, 6.45) is 0.866. The predicted octanol–water partition coefficient (Wildman–Crippen LogP) is 2.89. The van der Waals surface area contributed by atoms with Gasteiger partial charge in [-0.25, -0.2) is 4.79 Å². The highest BCUT2D eigenvalue weighted by Crippen LogP contribution is 2.10. The van der Waals surface area contributed by atoms with Crippen molar-refractivity contribution in [2.45, 2.75) is 59.6 Å². The number of carbonyl (C=O) groups excluding carboxylic acids is 1. The summed E-state index contributed by atoms with van der Waals surface area (Å²) in [7, 11) is 1.64. The van der Waals surface area contributed by atoms with E-state index in [1.165, 1.54) is 0 Å². The maximum absolute atomic E-state index is 12.2. The lowest BCUT2D eigenvalue weighted by Gasteiger charge is -2.28. The fraction of sp³-hybridized carbons (Fsp3) is 0.938. The van der Waals surface area contributed by atoms with Crippen LogP contribution in [0.3, 0.4) is 0 Å². The third kappa shape index (κ3) is 9.69. The molecule has 5 nitrogen and oxygen atoms in total. The van der Waals surface area contributed by atoms with Crippen molar-refractivity contribution < 1.29 is 14.3 Å². The SMILES string of the molecule is CCC(C)C(C)NCCN(CCOC)C(=O)OC(C)(C)C. The quantitative estimate of drug-likeness (QED) is 0.711. The minimum absolute atomic E-state index is 0.280. The molecule has 0 aliphatic rings. The molecule has 0 rings (SSSR count). The summed E-state index contributed by atoms with van der Waals surface area (Å²) >= 11 is 0. The number of amides is 1. The van der Waals surface area contributed by atoms with Gasteiger partial charge in [0.15, 0.2) is 0 Å². The molecule has 0 aromatic heterocycles. The van der Waals surface area contributed by atoms with Crippen LogP contribution in [-0.4, -0.2) is 56.0 Å². The van der Waals surface area contributed by atoms with Gasteiger partial charge in [0.05, 0.1) is 6.61 Å². The summed E-state index contributed by atoms with van der Waals surface area (Å²) in [5, 5.41) is 3.47. The molecule has 2 unspecified atom stereocenters. The molecule has 0 aliphatic heterocycles. The lowest BCUT2D eigenvalue weighted by molar-refractivity contribution is 0.0202. The highest BCUT2D eigenvalue weighted by Gasteiger charge is 2.22. The molecule has 0 aliphatic carbocycles. The van der Waals surface area contributed by atoms with Crippen molar-refractivity contribution in [1.29, 1.82) is 0 Å². The van der Waals surface area contributed by atoms with Crippen LogP contribution in [0, 0.1) is 5.92 Å². The largest absolute Gasteiger partial charge is 0.444 e. The standard InChI is InChI=1S/C16H34N2O3/c1-8-13(2)14(3)17-9-10-18(11-12-20-7)15(19)21-16(4,5)6/h13-14,17H,8-12H2,1-7H3. The van der Waals surface area contributed by atoms with E-state index in [1.807, 2.05) is 20.8 Å². The number of rotatable bonds is 9. The van der Waals surface area contributed by atoms with Crippen LogP contribution in [0.25, 0.3) is 0 Å². The maximum Gasteiger partial charge on any atom is 0.410 e. The Morgan fingerprint density at radius 3 is 2.33 bits per heavy atom. The van der Waals surface area contributed by atoms with E-state index in [1.54, 1.807) is 12.0 Å². The normalized spacial score (nSPS) is 14.6. The lowest BCUT2D eigenvalue weighted by atomic mass is 10.0. The van der Waals surface area contributed by atoms with Gasteiger partial charge in [-0.1, -0.05) is 20.3 Å². The van der Waals surface area contributed by atoms with Gasteiger partial charge in [-0.05, 0) is 33.6 Å². The van der Waals surface area contributed by atoms with Crippen LogP contribution < -0.4 is 5.32 Å². The van der Waals surface area contributed by atoms with E-state index in [9.17, 15) is 4.79 Å². The van der Waals surface area contributed by atoms with Crippen LogP contribution in [-0.2, 0) is 9.47 Å². The Morgan fingerprint density at radius 1 is 1.24 bits per heavy atom. The molecule has 0 aromatic carbocycles. The Hall–Kier alpha value is -0.810. The molecule has 1 amide bonds. The van der Waals surface area contributed by atoms with E-state index in [0.717, 1.165) is 13.0 Å². The monoisotopic (exact) mass is 302 g/mol. The van der Waals surface area contributed by atoms with Gasteiger partial charge in [0, 0.05) is 32.8 Å². The van der Waals surface area contributed by atoms with Crippen molar-refractivity contribution in [1.82, 2.24) is 10.2 Å². The van der Waals surface area contributed by atoms with Crippen LogP contribution in [0.5, 0.6) is 0 Å². The molecule has 0 radical (unpaired) electrons. The third-order valence-corrected chi connectivity index (χ3v) is 3.56. The van der Waals surface area contributed by atoms with Crippen LogP contribution in [0.15, 0.2) is 0 Å². The average molecular weight is 302 g/mol.